The number of carbonyl (C=O) groups excluding carboxylic acids is 3. The van der Waals surface area contributed by atoms with Gasteiger partial charge in [-0.05, 0) is 43.0 Å². The fraction of sp³-hybridized carbons (Fsp3) is 0.211. The summed E-state index contributed by atoms with van der Waals surface area (Å²) in [6, 6.07) is 8.68. The average Bonchev–Trinajstić information content (AvgIpc) is 3.24. The summed E-state index contributed by atoms with van der Waals surface area (Å²) >= 11 is 1.25. The maximum Gasteiger partial charge on any atom is 0.376 e. The van der Waals surface area contributed by atoms with Crippen LogP contribution in [0.25, 0.3) is 11.0 Å². The predicted molar refractivity (Wildman–Crippen MR) is 100 cm³/mol. The van der Waals surface area contributed by atoms with Gasteiger partial charge in [0, 0.05) is 5.39 Å². The normalized spacial score (nSPS) is 10.6. The van der Waals surface area contributed by atoms with Crippen LogP contribution < -0.4 is 5.32 Å². The fourth-order valence-electron chi connectivity index (χ4n) is 2.46. The number of hydrogen-bond acceptors (Lipinski definition) is 7. The summed E-state index contributed by atoms with van der Waals surface area (Å²) in [5.74, 6) is -1.95. The zero-order valence-electron chi connectivity index (χ0n) is 14.7. The third-order valence-electron chi connectivity index (χ3n) is 3.70. The van der Waals surface area contributed by atoms with Gasteiger partial charge in [-0.3, -0.25) is 4.79 Å². The maximum absolute atomic E-state index is 12.3. The number of benzene rings is 1. The molecule has 0 aliphatic carbocycles. The molecule has 0 radical (unpaired) electrons. The lowest BCUT2D eigenvalue weighted by atomic mass is 10.2. The van der Waals surface area contributed by atoms with E-state index in [-0.39, 0.29) is 18.1 Å². The Labute approximate surface area is 158 Å². The van der Waals surface area contributed by atoms with Crippen LogP contribution in [-0.4, -0.2) is 31.1 Å². The molecule has 1 amide bonds. The van der Waals surface area contributed by atoms with Crippen LogP contribution in [0.4, 0.5) is 5.69 Å². The standard InChI is InChI=1S/C19H17NO6S/c1-3-24-18(22)16-15(12-6-4-5-7-13(12)26-16)20-14(21)10-25-19(23)17-11(2)8-9-27-17/h4-9H,3,10H2,1-2H3,(H,20,21). The van der Waals surface area contributed by atoms with Crippen molar-refractivity contribution in [1.29, 1.82) is 0 Å². The molecule has 0 saturated heterocycles. The average molecular weight is 387 g/mol. The largest absolute Gasteiger partial charge is 0.460 e. The molecule has 27 heavy (non-hydrogen) atoms. The number of aryl methyl sites for hydroxylation is 1. The number of anilines is 1. The van der Waals surface area contributed by atoms with Crippen molar-refractivity contribution in [3.05, 3.63) is 51.9 Å². The van der Waals surface area contributed by atoms with Gasteiger partial charge in [-0.1, -0.05) is 12.1 Å². The number of carbonyl (C=O) groups is 3. The molecule has 0 spiro atoms. The van der Waals surface area contributed by atoms with E-state index in [1.165, 1.54) is 11.3 Å². The van der Waals surface area contributed by atoms with Crippen LogP contribution in [0.5, 0.6) is 0 Å². The van der Waals surface area contributed by atoms with E-state index in [4.69, 9.17) is 13.9 Å². The van der Waals surface area contributed by atoms with Gasteiger partial charge in [0.05, 0.1) is 6.61 Å². The zero-order chi connectivity index (χ0) is 19.4. The number of nitrogens with one attached hydrogen (secondary N) is 1. The highest BCUT2D eigenvalue weighted by Crippen LogP contribution is 2.31. The van der Waals surface area contributed by atoms with Gasteiger partial charge in [-0.15, -0.1) is 11.3 Å². The van der Waals surface area contributed by atoms with E-state index >= 15 is 0 Å². The molecule has 0 aliphatic heterocycles. The van der Waals surface area contributed by atoms with Crippen molar-refractivity contribution in [1.82, 2.24) is 0 Å². The van der Waals surface area contributed by atoms with E-state index in [2.05, 4.69) is 5.32 Å². The highest BCUT2D eigenvalue weighted by atomic mass is 32.1. The quantitative estimate of drug-likeness (QED) is 0.647. The zero-order valence-corrected chi connectivity index (χ0v) is 15.6. The number of ether oxygens (including phenoxy) is 2. The Kier molecular flexibility index (Phi) is 5.56. The summed E-state index contributed by atoms with van der Waals surface area (Å²) in [6.45, 7) is 3.14. The van der Waals surface area contributed by atoms with Gasteiger partial charge in [0.25, 0.3) is 5.91 Å². The number of para-hydroxylation sites is 1. The van der Waals surface area contributed by atoms with E-state index in [1.54, 1.807) is 49.6 Å². The Morgan fingerprint density at radius 1 is 1.11 bits per heavy atom. The molecule has 0 aliphatic rings. The number of amides is 1. The molecule has 2 heterocycles. The Balaban J connectivity index is 1.76. The van der Waals surface area contributed by atoms with Crippen LogP contribution in [0.3, 0.4) is 0 Å². The first-order valence-corrected chi connectivity index (χ1v) is 9.09. The summed E-state index contributed by atoms with van der Waals surface area (Å²) < 4.78 is 15.5. The third-order valence-corrected chi connectivity index (χ3v) is 4.70. The molecular formula is C19H17NO6S. The number of thiophene rings is 1. The minimum Gasteiger partial charge on any atom is -0.460 e. The van der Waals surface area contributed by atoms with E-state index < -0.39 is 24.5 Å². The number of fused-ring (bicyclic) bond motifs is 1. The second kappa shape index (κ2) is 8.05. The van der Waals surface area contributed by atoms with Crippen molar-refractivity contribution in [3.8, 4) is 0 Å². The molecule has 0 fully saturated rings. The second-order valence-electron chi connectivity index (χ2n) is 5.58. The molecule has 1 aromatic carbocycles. The molecule has 3 aromatic rings. The summed E-state index contributed by atoms with van der Waals surface area (Å²) in [5.41, 5.74) is 1.41. The van der Waals surface area contributed by atoms with E-state index in [1.807, 2.05) is 0 Å². The number of hydrogen-bond donors (Lipinski definition) is 1. The van der Waals surface area contributed by atoms with Crippen LogP contribution in [0.2, 0.25) is 0 Å². The van der Waals surface area contributed by atoms with Gasteiger partial charge < -0.3 is 19.2 Å². The summed E-state index contributed by atoms with van der Waals surface area (Å²) in [6.07, 6.45) is 0. The van der Waals surface area contributed by atoms with E-state index in [0.29, 0.717) is 15.8 Å². The molecule has 2 aromatic heterocycles. The first kappa shape index (κ1) is 18.7. The van der Waals surface area contributed by atoms with Crippen molar-refractivity contribution in [3.63, 3.8) is 0 Å². The SMILES string of the molecule is CCOC(=O)c1oc2ccccc2c1NC(=O)COC(=O)c1sccc1C. The lowest BCUT2D eigenvalue weighted by molar-refractivity contribution is -0.119. The van der Waals surface area contributed by atoms with Crippen LogP contribution >= 0.6 is 11.3 Å². The summed E-state index contributed by atoms with van der Waals surface area (Å²) in [7, 11) is 0. The smallest absolute Gasteiger partial charge is 0.376 e. The highest BCUT2D eigenvalue weighted by Gasteiger charge is 2.23. The van der Waals surface area contributed by atoms with Gasteiger partial charge in [0.1, 0.15) is 16.1 Å². The highest BCUT2D eigenvalue weighted by molar-refractivity contribution is 7.12. The van der Waals surface area contributed by atoms with Crippen LogP contribution in [0, 0.1) is 6.92 Å². The maximum atomic E-state index is 12.3. The lowest BCUT2D eigenvalue weighted by Crippen LogP contribution is -2.22. The molecule has 1 N–H and O–H groups in total. The summed E-state index contributed by atoms with van der Waals surface area (Å²) in [5, 5.41) is 4.90. The first-order valence-electron chi connectivity index (χ1n) is 8.21. The Hall–Kier alpha value is -3.13. The van der Waals surface area contributed by atoms with Crippen molar-refractivity contribution in [2.75, 3.05) is 18.5 Å². The van der Waals surface area contributed by atoms with Crippen LogP contribution in [-0.2, 0) is 14.3 Å². The van der Waals surface area contributed by atoms with Gasteiger partial charge >= 0.3 is 11.9 Å². The van der Waals surface area contributed by atoms with Gasteiger partial charge in [0.15, 0.2) is 6.61 Å². The Morgan fingerprint density at radius 3 is 2.59 bits per heavy atom. The van der Waals surface area contributed by atoms with Crippen LogP contribution in [0.1, 0.15) is 32.7 Å². The molecule has 0 unspecified atom stereocenters. The van der Waals surface area contributed by atoms with Crippen molar-refractivity contribution in [2.24, 2.45) is 0 Å². The van der Waals surface area contributed by atoms with Gasteiger partial charge in [-0.2, -0.15) is 0 Å². The lowest BCUT2D eigenvalue weighted by Gasteiger charge is -2.07. The van der Waals surface area contributed by atoms with Crippen molar-refractivity contribution in [2.45, 2.75) is 13.8 Å². The molecule has 140 valence electrons. The Bertz CT molecular complexity index is 1000. The molecule has 7 nitrogen and oxygen atoms in total. The molecule has 0 saturated carbocycles. The minimum atomic E-state index is -0.685. The number of rotatable bonds is 6. The Morgan fingerprint density at radius 2 is 1.89 bits per heavy atom. The second-order valence-corrected chi connectivity index (χ2v) is 6.50. The van der Waals surface area contributed by atoms with E-state index in [0.717, 1.165) is 5.56 Å². The number of esters is 2. The van der Waals surface area contributed by atoms with Crippen molar-refractivity contribution < 1.29 is 28.3 Å². The van der Waals surface area contributed by atoms with Crippen molar-refractivity contribution >= 4 is 45.8 Å². The molecule has 0 bridgehead atoms. The fourth-order valence-corrected chi connectivity index (χ4v) is 3.28. The topological polar surface area (TPSA) is 94.8 Å². The molecular weight excluding hydrogens is 370 g/mol. The van der Waals surface area contributed by atoms with E-state index in [9.17, 15) is 14.4 Å². The van der Waals surface area contributed by atoms with Gasteiger partial charge in [0.2, 0.25) is 5.76 Å². The molecule has 0 atom stereocenters. The van der Waals surface area contributed by atoms with Gasteiger partial charge in [-0.25, -0.2) is 9.59 Å². The third kappa shape index (κ3) is 4.01. The minimum absolute atomic E-state index is 0.105. The predicted octanol–water partition coefficient (Wildman–Crippen LogP) is 3.77. The molecule has 3 rings (SSSR count). The monoisotopic (exact) mass is 387 g/mol. The van der Waals surface area contributed by atoms with Crippen LogP contribution in [0.15, 0.2) is 40.1 Å². The first-order chi connectivity index (χ1) is 13.0. The number of furan rings is 1. The summed E-state index contributed by atoms with van der Waals surface area (Å²) in [4.78, 5) is 36.9. The molecule has 8 heteroatoms.